The second-order valence-corrected chi connectivity index (χ2v) is 3.57. The molecule has 0 bridgehead atoms. The van der Waals surface area contributed by atoms with E-state index in [9.17, 15) is 4.79 Å². The lowest BCUT2D eigenvalue weighted by Crippen LogP contribution is -2.08. The van der Waals surface area contributed by atoms with Gasteiger partial charge in [0.15, 0.2) is 0 Å². The average molecular weight is 207 g/mol. The van der Waals surface area contributed by atoms with Gasteiger partial charge in [-0.1, -0.05) is 0 Å². The van der Waals surface area contributed by atoms with Crippen molar-refractivity contribution in [3.8, 4) is 0 Å². The van der Waals surface area contributed by atoms with Crippen molar-refractivity contribution in [2.24, 2.45) is 0 Å². The van der Waals surface area contributed by atoms with E-state index >= 15 is 0 Å². The van der Waals surface area contributed by atoms with Crippen LogP contribution in [-0.2, 0) is 6.54 Å². The summed E-state index contributed by atoms with van der Waals surface area (Å²) in [6.07, 6.45) is 0. The van der Waals surface area contributed by atoms with Crippen LogP contribution in [0.2, 0.25) is 0 Å². The third-order valence-corrected chi connectivity index (χ3v) is 2.46. The molecule has 0 atom stereocenters. The van der Waals surface area contributed by atoms with E-state index in [1.807, 2.05) is 11.4 Å². The lowest BCUT2D eigenvalue weighted by molar-refractivity contribution is 0.970. The summed E-state index contributed by atoms with van der Waals surface area (Å²) in [5.74, 6) is 0.677. The number of anilines is 1. The average Bonchev–Trinajstić information content (AvgIpc) is 2.70. The zero-order chi connectivity index (χ0) is 9.80. The summed E-state index contributed by atoms with van der Waals surface area (Å²) >= 11 is 1.66. The van der Waals surface area contributed by atoms with Crippen molar-refractivity contribution < 1.29 is 0 Å². The minimum atomic E-state index is -0.189. The molecule has 0 aliphatic heterocycles. The van der Waals surface area contributed by atoms with Crippen molar-refractivity contribution in [3.63, 3.8) is 0 Å². The largest absolute Gasteiger partial charge is 0.365 e. The van der Waals surface area contributed by atoms with Gasteiger partial charge in [-0.2, -0.15) is 16.4 Å². The summed E-state index contributed by atoms with van der Waals surface area (Å²) in [7, 11) is 0. The predicted molar refractivity (Wildman–Crippen MR) is 56.5 cm³/mol. The molecule has 2 heterocycles. The van der Waals surface area contributed by atoms with Gasteiger partial charge in [0, 0.05) is 12.6 Å². The van der Waals surface area contributed by atoms with Crippen molar-refractivity contribution in [1.29, 1.82) is 0 Å². The van der Waals surface area contributed by atoms with E-state index in [1.165, 1.54) is 11.6 Å². The van der Waals surface area contributed by atoms with Gasteiger partial charge in [-0.3, -0.25) is 4.79 Å². The fraction of sp³-hybridized carbons (Fsp3) is 0.111. The van der Waals surface area contributed by atoms with Crippen molar-refractivity contribution in [3.05, 3.63) is 44.9 Å². The quantitative estimate of drug-likeness (QED) is 0.800. The Morgan fingerprint density at radius 3 is 3.00 bits per heavy atom. The normalized spacial score (nSPS) is 10.0. The van der Waals surface area contributed by atoms with Crippen molar-refractivity contribution >= 4 is 17.2 Å². The van der Waals surface area contributed by atoms with Crippen LogP contribution < -0.4 is 10.9 Å². The number of nitrogens with one attached hydrogen (secondary N) is 2. The maximum atomic E-state index is 10.7. The Bertz CT molecular complexity index is 429. The minimum absolute atomic E-state index is 0.189. The highest BCUT2D eigenvalue weighted by Crippen LogP contribution is 2.07. The van der Waals surface area contributed by atoms with Crippen LogP contribution in [0, 0.1) is 0 Å². The molecule has 0 amide bonds. The second kappa shape index (κ2) is 4.06. The van der Waals surface area contributed by atoms with Gasteiger partial charge in [-0.25, -0.2) is 5.10 Å². The molecule has 5 heteroatoms. The Balaban J connectivity index is 1.99. The molecule has 2 rings (SSSR count). The van der Waals surface area contributed by atoms with Crippen LogP contribution in [0.4, 0.5) is 5.82 Å². The topological polar surface area (TPSA) is 57.8 Å². The van der Waals surface area contributed by atoms with Crippen LogP contribution in [0.5, 0.6) is 0 Å². The first-order valence-electron chi connectivity index (χ1n) is 4.15. The Labute approximate surface area is 84.6 Å². The lowest BCUT2D eigenvalue weighted by Gasteiger charge is -2.01. The van der Waals surface area contributed by atoms with Crippen molar-refractivity contribution in [1.82, 2.24) is 10.2 Å². The summed E-state index contributed by atoms with van der Waals surface area (Å²) in [4.78, 5) is 10.7. The first kappa shape index (κ1) is 8.96. The molecule has 14 heavy (non-hydrogen) atoms. The summed E-state index contributed by atoms with van der Waals surface area (Å²) in [6.45, 7) is 0.725. The Morgan fingerprint density at radius 1 is 1.43 bits per heavy atom. The molecule has 2 aromatic heterocycles. The van der Waals surface area contributed by atoms with E-state index in [0.29, 0.717) is 5.82 Å². The van der Waals surface area contributed by atoms with Crippen LogP contribution in [0.1, 0.15) is 5.56 Å². The maximum absolute atomic E-state index is 10.7. The monoisotopic (exact) mass is 207 g/mol. The van der Waals surface area contributed by atoms with Crippen LogP contribution in [0.3, 0.4) is 0 Å². The number of hydrogen-bond acceptors (Lipinski definition) is 4. The van der Waals surface area contributed by atoms with Gasteiger partial charge < -0.3 is 5.32 Å². The van der Waals surface area contributed by atoms with Gasteiger partial charge in [0.25, 0.3) is 5.56 Å². The zero-order valence-electron chi connectivity index (χ0n) is 7.36. The van der Waals surface area contributed by atoms with E-state index in [0.717, 1.165) is 6.54 Å². The third kappa shape index (κ3) is 2.20. The number of H-pyrrole nitrogens is 1. The maximum Gasteiger partial charge on any atom is 0.264 e. The molecule has 4 nitrogen and oxygen atoms in total. The van der Waals surface area contributed by atoms with Crippen LogP contribution in [0.15, 0.2) is 33.8 Å². The van der Waals surface area contributed by atoms with Gasteiger partial charge in [-0.15, -0.1) is 0 Å². The van der Waals surface area contributed by atoms with E-state index in [2.05, 4.69) is 20.9 Å². The lowest BCUT2D eigenvalue weighted by atomic mass is 10.3. The van der Waals surface area contributed by atoms with E-state index in [1.54, 1.807) is 17.4 Å². The molecule has 0 radical (unpaired) electrons. The smallest absolute Gasteiger partial charge is 0.264 e. The third-order valence-electron chi connectivity index (χ3n) is 1.73. The molecular weight excluding hydrogens is 198 g/mol. The van der Waals surface area contributed by atoms with Crippen LogP contribution in [0.25, 0.3) is 0 Å². The summed E-state index contributed by atoms with van der Waals surface area (Å²) in [5.41, 5.74) is 1.02. The van der Waals surface area contributed by atoms with E-state index in [-0.39, 0.29) is 5.56 Å². The molecule has 0 saturated carbocycles. The van der Waals surface area contributed by atoms with Crippen molar-refractivity contribution in [2.75, 3.05) is 5.32 Å². The number of rotatable bonds is 3. The fourth-order valence-corrected chi connectivity index (χ4v) is 1.70. The van der Waals surface area contributed by atoms with Gasteiger partial charge in [0.2, 0.25) is 0 Å². The highest BCUT2D eigenvalue weighted by atomic mass is 32.1. The number of hydrogen-bond donors (Lipinski definition) is 2. The molecule has 2 N–H and O–H groups in total. The molecule has 0 aliphatic rings. The molecule has 72 valence electrons. The Morgan fingerprint density at radius 2 is 2.36 bits per heavy atom. The molecule has 0 spiro atoms. The van der Waals surface area contributed by atoms with Crippen molar-refractivity contribution in [2.45, 2.75) is 6.54 Å². The molecule has 0 saturated heterocycles. The van der Waals surface area contributed by atoms with E-state index < -0.39 is 0 Å². The summed E-state index contributed by atoms with van der Waals surface area (Å²) < 4.78 is 0. The molecule has 0 unspecified atom stereocenters. The molecule has 0 fully saturated rings. The molecule has 0 aromatic carbocycles. The van der Waals surface area contributed by atoms with Gasteiger partial charge in [0.1, 0.15) is 5.82 Å². The zero-order valence-corrected chi connectivity index (χ0v) is 8.17. The van der Waals surface area contributed by atoms with Gasteiger partial charge >= 0.3 is 0 Å². The summed E-state index contributed by atoms with van der Waals surface area (Å²) in [5, 5.41) is 13.4. The predicted octanol–water partition coefficient (Wildman–Crippen LogP) is 1.44. The van der Waals surface area contributed by atoms with Crippen LogP contribution in [-0.4, -0.2) is 10.2 Å². The Hall–Kier alpha value is -1.62. The number of thiophene rings is 1. The Kier molecular flexibility index (Phi) is 2.60. The second-order valence-electron chi connectivity index (χ2n) is 2.79. The highest BCUT2D eigenvalue weighted by Gasteiger charge is 1.94. The fourth-order valence-electron chi connectivity index (χ4n) is 1.03. The SMILES string of the molecule is O=c1ccc(NCc2ccsc2)n[nH]1. The number of nitrogens with zero attached hydrogens (tertiary/aromatic N) is 1. The molecule has 2 aromatic rings. The number of aromatic amines is 1. The molecular formula is C9H9N3OS. The number of aromatic nitrogens is 2. The van der Waals surface area contributed by atoms with Crippen LogP contribution >= 0.6 is 11.3 Å². The first-order chi connectivity index (χ1) is 6.84. The van der Waals surface area contributed by atoms with Gasteiger partial charge in [-0.05, 0) is 28.5 Å². The standard InChI is InChI=1S/C9H9N3OS/c13-9-2-1-8(11-12-9)10-5-7-3-4-14-6-7/h1-4,6H,5H2,(H,10,11)(H,12,13). The first-order valence-corrected chi connectivity index (χ1v) is 5.09. The van der Waals surface area contributed by atoms with E-state index in [4.69, 9.17) is 0 Å². The summed E-state index contributed by atoms with van der Waals surface area (Å²) in [6, 6.07) is 5.15. The highest BCUT2D eigenvalue weighted by molar-refractivity contribution is 7.07. The minimum Gasteiger partial charge on any atom is -0.365 e. The molecule has 0 aliphatic carbocycles. The van der Waals surface area contributed by atoms with Gasteiger partial charge in [0.05, 0.1) is 0 Å².